The second kappa shape index (κ2) is 4.85. The number of hydrogen-bond acceptors (Lipinski definition) is 2. The normalized spacial score (nSPS) is 9.55. The standard InChI is InChI=1S/C4H12N.C3H4O3/c1-5(2,3)4;1-2(4)3(5)6/h1-4H3;1H3,(H,5,6)/q+1;. The number of rotatable bonds is 1. The molecule has 0 aliphatic heterocycles. The predicted molar refractivity (Wildman–Crippen MR) is 42.3 cm³/mol. The topological polar surface area (TPSA) is 54.4 Å². The summed E-state index contributed by atoms with van der Waals surface area (Å²) in [6, 6.07) is 0. The van der Waals surface area contributed by atoms with E-state index < -0.39 is 11.8 Å². The van der Waals surface area contributed by atoms with Crippen LogP contribution in [-0.2, 0) is 9.59 Å². The van der Waals surface area contributed by atoms with E-state index in [9.17, 15) is 9.59 Å². The molecule has 0 heterocycles. The summed E-state index contributed by atoms with van der Waals surface area (Å²) < 4.78 is 1.00. The maximum Gasteiger partial charge on any atom is 0.371 e. The van der Waals surface area contributed by atoms with Crippen molar-refractivity contribution in [2.45, 2.75) is 6.92 Å². The summed E-state index contributed by atoms with van der Waals surface area (Å²) in [7, 11) is 8.50. The van der Waals surface area contributed by atoms with E-state index in [1.807, 2.05) is 0 Å². The van der Waals surface area contributed by atoms with E-state index in [0.29, 0.717) is 0 Å². The second-order valence-corrected chi connectivity index (χ2v) is 3.54. The fourth-order valence-corrected chi connectivity index (χ4v) is 0. The molecular weight excluding hydrogens is 146 g/mol. The maximum absolute atomic E-state index is 9.54. The van der Waals surface area contributed by atoms with Gasteiger partial charge in [0.1, 0.15) is 0 Å². The summed E-state index contributed by atoms with van der Waals surface area (Å²) >= 11 is 0. The Labute approximate surface area is 67.0 Å². The van der Waals surface area contributed by atoms with E-state index >= 15 is 0 Å². The van der Waals surface area contributed by atoms with E-state index in [0.717, 1.165) is 11.4 Å². The zero-order valence-electron chi connectivity index (χ0n) is 7.71. The van der Waals surface area contributed by atoms with Crippen molar-refractivity contribution >= 4 is 11.8 Å². The van der Waals surface area contributed by atoms with Crippen LogP contribution in [0.4, 0.5) is 0 Å². The maximum atomic E-state index is 9.54. The number of quaternary nitrogens is 1. The molecule has 0 aromatic carbocycles. The van der Waals surface area contributed by atoms with Gasteiger partial charge in [-0.2, -0.15) is 0 Å². The average molecular weight is 162 g/mol. The number of carboxylic acids is 1. The third-order valence-electron chi connectivity index (χ3n) is 0.301. The third-order valence-corrected chi connectivity index (χ3v) is 0.301. The van der Waals surface area contributed by atoms with Crippen LogP contribution in [0.25, 0.3) is 0 Å². The highest BCUT2D eigenvalue weighted by Gasteiger charge is 1.98. The van der Waals surface area contributed by atoms with Gasteiger partial charge in [-0.1, -0.05) is 0 Å². The van der Waals surface area contributed by atoms with Gasteiger partial charge in [-0.15, -0.1) is 0 Å². The lowest BCUT2D eigenvalue weighted by Crippen LogP contribution is -2.27. The van der Waals surface area contributed by atoms with Crippen molar-refractivity contribution in [2.75, 3.05) is 28.2 Å². The fourth-order valence-electron chi connectivity index (χ4n) is 0. The summed E-state index contributed by atoms with van der Waals surface area (Å²) in [6.45, 7) is 1.00. The molecule has 0 spiro atoms. The molecule has 0 amide bonds. The molecule has 0 aromatic heterocycles. The van der Waals surface area contributed by atoms with Crippen molar-refractivity contribution in [3.63, 3.8) is 0 Å². The van der Waals surface area contributed by atoms with Crippen LogP contribution in [0, 0.1) is 0 Å². The first-order chi connectivity index (χ1) is 4.64. The highest BCUT2D eigenvalue weighted by Crippen LogP contribution is 1.73. The molecular formula is C7H16NO3+. The lowest BCUT2D eigenvalue weighted by molar-refractivity contribution is -0.849. The molecule has 0 rings (SSSR count). The van der Waals surface area contributed by atoms with E-state index in [2.05, 4.69) is 28.2 Å². The first-order valence-electron chi connectivity index (χ1n) is 3.17. The van der Waals surface area contributed by atoms with Crippen LogP contribution < -0.4 is 0 Å². The van der Waals surface area contributed by atoms with Crippen LogP contribution in [0.3, 0.4) is 0 Å². The number of nitrogens with zero attached hydrogens (tertiary/aromatic N) is 1. The summed E-state index contributed by atoms with van der Waals surface area (Å²) in [5.41, 5.74) is 0. The van der Waals surface area contributed by atoms with E-state index in [4.69, 9.17) is 5.11 Å². The Morgan fingerprint density at radius 1 is 1.09 bits per heavy atom. The van der Waals surface area contributed by atoms with Gasteiger partial charge < -0.3 is 9.59 Å². The van der Waals surface area contributed by atoms with Crippen LogP contribution >= 0.6 is 0 Å². The zero-order chi connectivity index (χ0) is 9.65. The van der Waals surface area contributed by atoms with Crippen molar-refractivity contribution < 1.29 is 19.2 Å². The Hall–Kier alpha value is -0.900. The lowest BCUT2D eigenvalue weighted by atomic mass is 10.5. The SMILES string of the molecule is CC(=O)C(=O)O.C[N+](C)(C)C. The number of carbonyl (C=O) groups is 2. The summed E-state index contributed by atoms with van der Waals surface area (Å²) in [5.74, 6) is -2.20. The third kappa shape index (κ3) is 47.7. The van der Waals surface area contributed by atoms with Crippen molar-refractivity contribution in [3.05, 3.63) is 0 Å². The van der Waals surface area contributed by atoms with Gasteiger partial charge in [-0.05, 0) is 0 Å². The van der Waals surface area contributed by atoms with Gasteiger partial charge in [0.15, 0.2) is 0 Å². The molecule has 0 radical (unpaired) electrons. The van der Waals surface area contributed by atoms with Crippen LogP contribution in [-0.4, -0.2) is 49.5 Å². The molecule has 0 bridgehead atoms. The molecule has 11 heavy (non-hydrogen) atoms. The molecule has 1 N–H and O–H groups in total. The molecule has 4 heteroatoms. The van der Waals surface area contributed by atoms with E-state index in [1.54, 1.807) is 0 Å². The summed E-state index contributed by atoms with van der Waals surface area (Å²) in [6.07, 6.45) is 0. The molecule has 0 fully saturated rings. The van der Waals surface area contributed by atoms with Crippen molar-refractivity contribution in [1.82, 2.24) is 0 Å². The number of Topliss-reactive ketones (excluding diaryl/α,β-unsaturated/α-hetero) is 1. The summed E-state index contributed by atoms with van der Waals surface area (Å²) in [4.78, 5) is 18.9. The van der Waals surface area contributed by atoms with Crippen molar-refractivity contribution in [1.29, 1.82) is 0 Å². The fraction of sp³-hybridized carbons (Fsp3) is 0.714. The van der Waals surface area contributed by atoms with Gasteiger partial charge >= 0.3 is 5.97 Å². The van der Waals surface area contributed by atoms with Gasteiger partial charge in [0.25, 0.3) is 0 Å². The predicted octanol–water partition coefficient (Wildman–Crippen LogP) is -0.0176. The first kappa shape index (κ1) is 12.7. The highest BCUT2D eigenvalue weighted by atomic mass is 16.4. The van der Waals surface area contributed by atoms with Gasteiger partial charge in [0, 0.05) is 6.92 Å². The van der Waals surface area contributed by atoms with E-state index in [-0.39, 0.29) is 0 Å². The average Bonchev–Trinajstić information content (AvgIpc) is 1.59. The zero-order valence-corrected chi connectivity index (χ0v) is 7.71. The Morgan fingerprint density at radius 2 is 1.18 bits per heavy atom. The molecule has 0 unspecified atom stereocenters. The molecule has 4 nitrogen and oxygen atoms in total. The minimum atomic E-state index is -1.38. The van der Waals surface area contributed by atoms with E-state index in [1.165, 1.54) is 0 Å². The number of aliphatic carboxylic acids is 1. The minimum absolute atomic E-state index is 0.824. The number of carbonyl (C=O) groups excluding carboxylic acids is 1. The quantitative estimate of drug-likeness (QED) is 0.435. The lowest BCUT2D eigenvalue weighted by Gasteiger charge is -2.14. The molecule has 0 aliphatic rings. The van der Waals surface area contributed by atoms with Crippen LogP contribution in [0.5, 0.6) is 0 Å². The van der Waals surface area contributed by atoms with Gasteiger partial charge in [-0.25, -0.2) is 4.79 Å². The number of carboxylic acid groups (broad SMARTS) is 1. The Morgan fingerprint density at radius 3 is 1.18 bits per heavy atom. The number of ketones is 1. The smallest absolute Gasteiger partial charge is 0.371 e. The Kier molecular flexibility index (Phi) is 5.62. The van der Waals surface area contributed by atoms with Crippen LogP contribution in [0.15, 0.2) is 0 Å². The molecule has 0 atom stereocenters. The Bertz CT molecular complexity index is 128. The molecule has 0 aromatic rings. The highest BCUT2D eigenvalue weighted by molar-refractivity contribution is 6.31. The van der Waals surface area contributed by atoms with Crippen LogP contribution in [0.1, 0.15) is 6.92 Å². The summed E-state index contributed by atoms with van der Waals surface area (Å²) in [5, 5.41) is 7.64. The Balaban J connectivity index is 0. The van der Waals surface area contributed by atoms with Crippen molar-refractivity contribution in [3.8, 4) is 0 Å². The minimum Gasteiger partial charge on any atom is -0.476 e. The monoisotopic (exact) mass is 162 g/mol. The first-order valence-corrected chi connectivity index (χ1v) is 3.17. The second-order valence-electron chi connectivity index (χ2n) is 3.54. The molecule has 0 aliphatic carbocycles. The van der Waals surface area contributed by atoms with Crippen LogP contribution in [0.2, 0.25) is 0 Å². The van der Waals surface area contributed by atoms with Gasteiger partial charge in [0.05, 0.1) is 28.2 Å². The molecule has 0 saturated heterocycles. The van der Waals surface area contributed by atoms with Crippen molar-refractivity contribution in [2.24, 2.45) is 0 Å². The van der Waals surface area contributed by atoms with Gasteiger partial charge in [-0.3, -0.25) is 4.79 Å². The molecule has 66 valence electrons. The van der Waals surface area contributed by atoms with Gasteiger partial charge in [0.2, 0.25) is 5.78 Å². The largest absolute Gasteiger partial charge is 0.476 e. The molecule has 0 saturated carbocycles. The number of hydrogen-bond donors (Lipinski definition) is 1.